The lowest BCUT2D eigenvalue weighted by Crippen LogP contribution is -2.60. The second-order valence-electron chi connectivity index (χ2n) is 6.90. The zero-order chi connectivity index (χ0) is 19.5. The fourth-order valence-corrected chi connectivity index (χ4v) is 4.33. The van der Waals surface area contributed by atoms with E-state index >= 15 is 0 Å². The van der Waals surface area contributed by atoms with E-state index in [0.717, 1.165) is 28.5 Å². The van der Waals surface area contributed by atoms with Crippen LogP contribution in [0.5, 0.6) is 11.5 Å². The SMILES string of the molecule is CNC(=O)C1CN(Cc2ccc3c(c2)OCO3)CCN1C(=O)Cc1cccs1. The normalized spacial score (nSPS) is 18.9. The molecule has 0 spiro atoms. The highest BCUT2D eigenvalue weighted by atomic mass is 32.1. The zero-order valence-corrected chi connectivity index (χ0v) is 16.5. The Bertz CT molecular complexity index is 855. The van der Waals surface area contributed by atoms with Crippen LogP contribution in [0.4, 0.5) is 0 Å². The molecule has 3 heterocycles. The van der Waals surface area contributed by atoms with Gasteiger partial charge in [-0.3, -0.25) is 14.5 Å². The monoisotopic (exact) mass is 401 g/mol. The van der Waals surface area contributed by atoms with Crippen molar-refractivity contribution in [3.8, 4) is 11.5 Å². The molecule has 1 aromatic carbocycles. The third kappa shape index (κ3) is 3.98. The summed E-state index contributed by atoms with van der Waals surface area (Å²) < 4.78 is 10.8. The van der Waals surface area contributed by atoms with Crippen molar-refractivity contribution >= 4 is 23.2 Å². The molecule has 8 heteroatoms. The largest absolute Gasteiger partial charge is 0.454 e. The van der Waals surface area contributed by atoms with E-state index in [2.05, 4.69) is 10.2 Å². The fraction of sp³-hybridized carbons (Fsp3) is 0.400. The Hall–Kier alpha value is -2.58. The smallest absolute Gasteiger partial charge is 0.243 e. The number of fused-ring (bicyclic) bond motifs is 1. The van der Waals surface area contributed by atoms with Crippen LogP contribution in [0.15, 0.2) is 35.7 Å². The molecular formula is C20H23N3O4S. The molecule has 2 aromatic rings. The lowest BCUT2D eigenvalue weighted by atomic mass is 10.1. The minimum absolute atomic E-state index is 0.00113. The number of ether oxygens (including phenoxy) is 2. The number of likely N-dealkylation sites (N-methyl/N-ethyl adjacent to an activating group) is 1. The van der Waals surface area contributed by atoms with E-state index in [-0.39, 0.29) is 18.6 Å². The van der Waals surface area contributed by atoms with Crippen molar-refractivity contribution in [3.63, 3.8) is 0 Å². The Morgan fingerprint density at radius 1 is 1.21 bits per heavy atom. The minimum Gasteiger partial charge on any atom is -0.454 e. The number of rotatable bonds is 5. The number of hydrogen-bond donors (Lipinski definition) is 1. The topological polar surface area (TPSA) is 71.1 Å². The van der Waals surface area contributed by atoms with Crippen molar-refractivity contribution in [1.29, 1.82) is 0 Å². The number of carbonyl (C=O) groups is 2. The number of thiophene rings is 1. The molecular weight excluding hydrogens is 378 g/mol. The van der Waals surface area contributed by atoms with Crippen molar-refractivity contribution in [2.45, 2.75) is 19.0 Å². The van der Waals surface area contributed by atoms with Gasteiger partial charge in [0, 0.05) is 38.1 Å². The molecule has 2 aliphatic rings. The lowest BCUT2D eigenvalue weighted by molar-refractivity contribution is -0.143. The molecule has 4 rings (SSSR count). The number of carbonyl (C=O) groups excluding carboxylic acids is 2. The molecule has 2 amide bonds. The Balaban J connectivity index is 1.43. The summed E-state index contributed by atoms with van der Waals surface area (Å²) in [5.41, 5.74) is 1.10. The van der Waals surface area contributed by atoms with Gasteiger partial charge in [0.1, 0.15) is 6.04 Å². The van der Waals surface area contributed by atoms with Gasteiger partial charge >= 0.3 is 0 Å². The van der Waals surface area contributed by atoms with E-state index in [9.17, 15) is 9.59 Å². The van der Waals surface area contributed by atoms with E-state index < -0.39 is 6.04 Å². The quantitative estimate of drug-likeness (QED) is 0.822. The molecule has 2 aliphatic heterocycles. The number of hydrogen-bond acceptors (Lipinski definition) is 6. The van der Waals surface area contributed by atoms with Crippen LogP contribution in [0.3, 0.4) is 0 Å². The molecule has 28 heavy (non-hydrogen) atoms. The van der Waals surface area contributed by atoms with Gasteiger partial charge < -0.3 is 19.7 Å². The second kappa shape index (κ2) is 8.20. The van der Waals surface area contributed by atoms with Gasteiger partial charge in [0.05, 0.1) is 6.42 Å². The maximum atomic E-state index is 12.8. The van der Waals surface area contributed by atoms with Crippen molar-refractivity contribution in [1.82, 2.24) is 15.1 Å². The molecule has 0 bridgehead atoms. The second-order valence-corrected chi connectivity index (χ2v) is 7.93. The molecule has 0 aliphatic carbocycles. The molecule has 1 unspecified atom stereocenters. The molecule has 0 radical (unpaired) electrons. The molecule has 0 saturated carbocycles. The summed E-state index contributed by atoms with van der Waals surface area (Å²) in [5.74, 6) is 1.38. The Kier molecular flexibility index (Phi) is 5.50. The number of nitrogens with one attached hydrogen (secondary N) is 1. The van der Waals surface area contributed by atoms with Crippen LogP contribution in [0.1, 0.15) is 10.4 Å². The molecule has 1 atom stereocenters. The summed E-state index contributed by atoms with van der Waals surface area (Å²) in [5, 5.41) is 4.66. The highest BCUT2D eigenvalue weighted by molar-refractivity contribution is 7.10. The first kappa shape index (κ1) is 18.8. The summed E-state index contributed by atoms with van der Waals surface area (Å²) in [6.45, 7) is 2.70. The standard InChI is InChI=1S/C20H23N3O4S/c1-21-20(25)16-12-22(11-14-4-5-17-18(9-14)27-13-26-17)6-7-23(16)19(24)10-15-3-2-8-28-15/h2-5,8-9,16H,6-7,10-13H2,1H3,(H,21,25). The number of benzene rings is 1. The van der Waals surface area contributed by atoms with Gasteiger partial charge in [0.2, 0.25) is 18.6 Å². The summed E-state index contributed by atoms with van der Waals surface area (Å²) in [6.07, 6.45) is 0.341. The van der Waals surface area contributed by atoms with Crippen molar-refractivity contribution in [2.24, 2.45) is 0 Å². The average molecular weight is 401 g/mol. The third-order valence-electron chi connectivity index (χ3n) is 5.08. The van der Waals surface area contributed by atoms with Crippen LogP contribution in [0.25, 0.3) is 0 Å². The summed E-state index contributed by atoms with van der Waals surface area (Å²) >= 11 is 1.56. The van der Waals surface area contributed by atoms with Gasteiger partial charge in [0.15, 0.2) is 11.5 Å². The van der Waals surface area contributed by atoms with Gasteiger partial charge in [0.25, 0.3) is 0 Å². The van der Waals surface area contributed by atoms with Crippen LogP contribution in [0, 0.1) is 0 Å². The number of amides is 2. The first-order valence-corrected chi connectivity index (χ1v) is 10.2. The van der Waals surface area contributed by atoms with Crippen LogP contribution in [0.2, 0.25) is 0 Å². The summed E-state index contributed by atoms with van der Waals surface area (Å²) in [4.78, 5) is 30.2. The molecule has 1 fully saturated rings. The van der Waals surface area contributed by atoms with Gasteiger partial charge in [-0.25, -0.2) is 0 Å². The predicted octanol–water partition coefficient (Wildman–Crippen LogP) is 1.48. The number of nitrogens with zero attached hydrogens (tertiary/aromatic N) is 2. The minimum atomic E-state index is -0.486. The predicted molar refractivity (Wildman–Crippen MR) is 105 cm³/mol. The molecule has 7 nitrogen and oxygen atoms in total. The molecule has 1 aromatic heterocycles. The summed E-state index contributed by atoms with van der Waals surface area (Å²) in [6, 6.07) is 9.30. The van der Waals surface area contributed by atoms with Crippen molar-refractivity contribution in [2.75, 3.05) is 33.5 Å². The van der Waals surface area contributed by atoms with Crippen LogP contribution in [-0.2, 0) is 22.6 Å². The van der Waals surface area contributed by atoms with E-state index in [0.29, 0.717) is 26.1 Å². The highest BCUT2D eigenvalue weighted by Crippen LogP contribution is 2.33. The Morgan fingerprint density at radius 2 is 2.07 bits per heavy atom. The van der Waals surface area contributed by atoms with Gasteiger partial charge in [-0.15, -0.1) is 11.3 Å². The van der Waals surface area contributed by atoms with E-state index in [1.54, 1.807) is 23.3 Å². The lowest BCUT2D eigenvalue weighted by Gasteiger charge is -2.40. The zero-order valence-electron chi connectivity index (χ0n) is 15.7. The van der Waals surface area contributed by atoms with Crippen LogP contribution < -0.4 is 14.8 Å². The maximum absolute atomic E-state index is 12.8. The van der Waals surface area contributed by atoms with Gasteiger partial charge in [-0.1, -0.05) is 12.1 Å². The molecule has 1 saturated heterocycles. The van der Waals surface area contributed by atoms with Crippen LogP contribution >= 0.6 is 11.3 Å². The van der Waals surface area contributed by atoms with E-state index in [1.165, 1.54) is 0 Å². The van der Waals surface area contributed by atoms with Crippen molar-refractivity contribution in [3.05, 3.63) is 46.2 Å². The Labute approximate surface area is 167 Å². The first-order chi connectivity index (χ1) is 13.6. The first-order valence-electron chi connectivity index (χ1n) is 9.28. The third-order valence-corrected chi connectivity index (χ3v) is 5.96. The highest BCUT2D eigenvalue weighted by Gasteiger charge is 2.34. The van der Waals surface area contributed by atoms with Gasteiger partial charge in [-0.05, 0) is 29.1 Å². The number of piperazine rings is 1. The fourth-order valence-electron chi connectivity index (χ4n) is 3.63. The van der Waals surface area contributed by atoms with E-state index in [4.69, 9.17) is 9.47 Å². The summed E-state index contributed by atoms with van der Waals surface area (Å²) in [7, 11) is 1.61. The van der Waals surface area contributed by atoms with Crippen LogP contribution in [-0.4, -0.2) is 61.1 Å². The van der Waals surface area contributed by atoms with Crippen molar-refractivity contribution < 1.29 is 19.1 Å². The Morgan fingerprint density at radius 3 is 2.86 bits per heavy atom. The van der Waals surface area contributed by atoms with Gasteiger partial charge in [-0.2, -0.15) is 0 Å². The molecule has 148 valence electrons. The molecule has 1 N–H and O–H groups in total. The average Bonchev–Trinajstić information content (AvgIpc) is 3.38. The van der Waals surface area contributed by atoms with E-state index in [1.807, 2.05) is 35.7 Å². The maximum Gasteiger partial charge on any atom is 0.243 e.